The number of thioether (sulfide) groups is 1. The van der Waals surface area contributed by atoms with Crippen LogP contribution in [0.4, 0.5) is 4.79 Å². The van der Waals surface area contributed by atoms with Crippen molar-refractivity contribution in [1.82, 2.24) is 15.5 Å². The number of amides is 3. The molecule has 1 aromatic carbocycles. The summed E-state index contributed by atoms with van der Waals surface area (Å²) in [6.07, 6.45) is 2.59. The first-order valence-corrected chi connectivity index (χ1v) is 13.7. The molecule has 0 aromatic heterocycles. The highest BCUT2D eigenvalue weighted by Crippen LogP contribution is 2.41. The van der Waals surface area contributed by atoms with Crippen molar-refractivity contribution >= 4 is 29.7 Å². The van der Waals surface area contributed by atoms with Gasteiger partial charge in [-0.15, -0.1) is 0 Å². The fraction of sp³-hybridized carbons (Fsp3) is 0.667. The number of carbonyl (C=O) groups is 3. The fourth-order valence-corrected chi connectivity index (χ4v) is 4.48. The van der Waals surface area contributed by atoms with Gasteiger partial charge in [0.2, 0.25) is 11.8 Å². The number of carbonyl (C=O) groups excluding carboxylic acids is 3. The van der Waals surface area contributed by atoms with E-state index in [1.807, 2.05) is 58.2 Å². The minimum absolute atomic E-state index is 0.0732. The Morgan fingerprint density at radius 3 is 2.29 bits per heavy atom. The third kappa shape index (κ3) is 9.06. The van der Waals surface area contributed by atoms with Crippen molar-refractivity contribution in [2.24, 2.45) is 5.92 Å². The summed E-state index contributed by atoms with van der Waals surface area (Å²) < 4.78 is 5.44. The van der Waals surface area contributed by atoms with Gasteiger partial charge in [0, 0.05) is 11.6 Å². The average Bonchev–Trinajstić information content (AvgIpc) is 3.41. The molecular formula is C27H43N3O4S. The number of alkyl carbamates (subject to hydrolysis) is 1. The molecule has 2 N–H and O–H groups in total. The second kappa shape index (κ2) is 11.7. The van der Waals surface area contributed by atoms with Crippen molar-refractivity contribution < 1.29 is 19.1 Å². The van der Waals surface area contributed by atoms with Crippen LogP contribution in [0.25, 0.3) is 0 Å². The van der Waals surface area contributed by atoms with Gasteiger partial charge in [0.15, 0.2) is 0 Å². The highest BCUT2D eigenvalue weighted by atomic mass is 32.2. The Morgan fingerprint density at radius 2 is 1.80 bits per heavy atom. The molecule has 8 heteroatoms. The molecule has 0 spiro atoms. The van der Waals surface area contributed by atoms with Gasteiger partial charge in [-0.1, -0.05) is 36.8 Å². The van der Waals surface area contributed by atoms with Gasteiger partial charge in [0.1, 0.15) is 17.7 Å². The van der Waals surface area contributed by atoms with Crippen LogP contribution in [0.15, 0.2) is 24.3 Å². The molecule has 0 heterocycles. The van der Waals surface area contributed by atoms with Crippen LogP contribution < -0.4 is 10.6 Å². The highest BCUT2D eigenvalue weighted by Gasteiger charge is 2.48. The lowest BCUT2D eigenvalue weighted by atomic mass is 9.98. The number of benzene rings is 1. The molecule has 7 nitrogen and oxygen atoms in total. The summed E-state index contributed by atoms with van der Waals surface area (Å²) in [6, 6.07) is 6.07. The predicted octanol–water partition coefficient (Wildman–Crippen LogP) is 4.83. The summed E-state index contributed by atoms with van der Waals surface area (Å²) in [6.45, 7) is 15.2. The lowest BCUT2D eigenvalue weighted by Gasteiger charge is -2.36. The number of nitrogens with one attached hydrogen (secondary N) is 2. The van der Waals surface area contributed by atoms with E-state index in [1.54, 1.807) is 37.4 Å². The summed E-state index contributed by atoms with van der Waals surface area (Å²) in [5, 5.41) is 5.87. The first kappa shape index (κ1) is 29.0. The van der Waals surface area contributed by atoms with E-state index in [4.69, 9.17) is 4.74 Å². The number of nitrogens with zero attached hydrogens (tertiary/aromatic N) is 1. The van der Waals surface area contributed by atoms with Crippen LogP contribution in [0, 0.1) is 12.8 Å². The molecule has 2 rings (SSSR count). The van der Waals surface area contributed by atoms with Crippen LogP contribution in [0.1, 0.15) is 78.5 Å². The smallest absolute Gasteiger partial charge is 0.408 e. The van der Waals surface area contributed by atoms with Gasteiger partial charge in [-0.3, -0.25) is 9.59 Å². The third-order valence-corrected chi connectivity index (χ3v) is 6.31. The molecule has 0 saturated heterocycles. The normalized spacial score (nSPS) is 19.3. The number of hydrogen-bond donors (Lipinski definition) is 2. The Balaban J connectivity index is 2.49. The van der Waals surface area contributed by atoms with Crippen LogP contribution in [-0.2, 0) is 14.3 Å². The minimum Gasteiger partial charge on any atom is -0.444 e. The quantitative estimate of drug-likeness (QED) is 0.502. The molecule has 3 amide bonds. The molecule has 0 bridgehead atoms. The molecule has 0 radical (unpaired) electrons. The zero-order chi connectivity index (χ0) is 26.6. The van der Waals surface area contributed by atoms with E-state index in [9.17, 15) is 14.4 Å². The second-order valence-corrected chi connectivity index (χ2v) is 12.5. The van der Waals surface area contributed by atoms with E-state index in [1.165, 1.54) is 0 Å². The van der Waals surface area contributed by atoms with Crippen LogP contribution >= 0.6 is 11.8 Å². The predicted molar refractivity (Wildman–Crippen MR) is 142 cm³/mol. The summed E-state index contributed by atoms with van der Waals surface area (Å²) in [7, 11) is 0. The molecule has 1 fully saturated rings. The topological polar surface area (TPSA) is 87.7 Å². The Labute approximate surface area is 215 Å². The molecule has 0 aliphatic heterocycles. The lowest BCUT2D eigenvalue weighted by Crippen LogP contribution is -2.55. The van der Waals surface area contributed by atoms with Gasteiger partial charge in [-0.25, -0.2) is 4.79 Å². The van der Waals surface area contributed by atoms with Crippen LogP contribution in [-0.4, -0.2) is 58.0 Å². The largest absolute Gasteiger partial charge is 0.444 e. The molecule has 196 valence electrons. The first-order valence-electron chi connectivity index (χ1n) is 12.3. The minimum atomic E-state index is -0.797. The fourth-order valence-electron chi connectivity index (χ4n) is 4.01. The van der Waals surface area contributed by atoms with Gasteiger partial charge in [0.25, 0.3) is 0 Å². The Morgan fingerprint density at radius 1 is 1.17 bits per heavy atom. The SMILES string of the molecule is CSCCC(NC(=O)OC(C)(C)C)C(=O)N(C(C(=O)NC(C)(C)C)c1cccc(C)c1)C1CC1C. The molecule has 1 saturated carbocycles. The van der Waals surface area contributed by atoms with Gasteiger partial charge in [0.05, 0.1) is 0 Å². The van der Waals surface area contributed by atoms with Crippen molar-refractivity contribution in [3.63, 3.8) is 0 Å². The molecule has 1 aliphatic carbocycles. The van der Waals surface area contributed by atoms with Crippen molar-refractivity contribution in [3.8, 4) is 0 Å². The van der Waals surface area contributed by atoms with Crippen molar-refractivity contribution in [2.45, 2.75) is 97.5 Å². The van der Waals surface area contributed by atoms with Gasteiger partial charge in [-0.05, 0) is 84.8 Å². The number of ether oxygens (including phenoxy) is 1. The Hall–Kier alpha value is -2.22. The van der Waals surface area contributed by atoms with E-state index in [2.05, 4.69) is 17.6 Å². The number of rotatable bonds is 9. The van der Waals surface area contributed by atoms with E-state index in [0.717, 1.165) is 17.5 Å². The van der Waals surface area contributed by atoms with Gasteiger partial charge >= 0.3 is 6.09 Å². The van der Waals surface area contributed by atoms with Crippen LogP contribution in [0.5, 0.6) is 0 Å². The van der Waals surface area contributed by atoms with Gasteiger partial charge in [-0.2, -0.15) is 11.8 Å². The Kier molecular flexibility index (Phi) is 9.68. The molecule has 1 aromatic rings. The zero-order valence-electron chi connectivity index (χ0n) is 22.7. The maximum Gasteiger partial charge on any atom is 0.408 e. The maximum atomic E-state index is 14.1. The van der Waals surface area contributed by atoms with Crippen LogP contribution in [0.3, 0.4) is 0 Å². The second-order valence-electron chi connectivity index (χ2n) is 11.6. The molecule has 4 atom stereocenters. The standard InChI is InChI=1S/C27H43N3O4S/c1-17-11-10-12-19(15-17)22(23(31)29-26(3,4)5)30(21-16-18(21)2)24(32)20(13-14-35-9)28-25(33)34-27(6,7)8/h10-12,15,18,20-22H,13-14,16H2,1-9H3,(H,28,33)(H,29,31). The number of aryl methyl sites for hydroxylation is 1. The first-order chi connectivity index (χ1) is 16.1. The lowest BCUT2D eigenvalue weighted by molar-refractivity contribution is -0.144. The third-order valence-electron chi connectivity index (χ3n) is 5.66. The van der Waals surface area contributed by atoms with Crippen molar-refractivity contribution in [3.05, 3.63) is 35.4 Å². The van der Waals surface area contributed by atoms with Gasteiger partial charge < -0.3 is 20.3 Å². The van der Waals surface area contributed by atoms with Crippen LogP contribution in [0.2, 0.25) is 0 Å². The summed E-state index contributed by atoms with van der Waals surface area (Å²) in [5.41, 5.74) is 0.632. The van der Waals surface area contributed by atoms with E-state index in [0.29, 0.717) is 12.2 Å². The average molecular weight is 506 g/mol. The van der Waals surface area contributed by atoms with E-state index in [-0.39, 0.29) is 23.8 Å². The molecule has 1 aliphatic rings. The summed E-state index contributed by atoms with van der Waals surface area (Å²) >= 11 is 1.60. The maximum absolute atomic E-state index is 14.1. The zero-order valence-corrected chi connectivity index (χ0v) is 23.5. The highest BCUT2D eigenvalue weighted by molar-refractivity contribution is 7.98. The van der Waals surface area contributed by atoms with Crippen molar-refractivity contribution in [2.75, 3.05) is 12.0 Å². The number of hydrogen-bond acceptors (Lipinski definition) is 5. The molecule has 4 unspecified atom stereocenters. The molecular weight excluding hydrogens is 462 g/mol. The van der Waals surface area contributed by atoms with Crippen molar-refractivity contribution in [1.29, 1.82) is 0 Å². The Bertz CT molecular complexity index is 906. The van der Waals surface area contributed by atoms with E-state index >= 15 is 0 Å². The summed E-state index contributed by atoms with van der Waals surface area (Å²) in [4.78, 5) is 42.1. The monoisotopic (exact) mass is 505 g/mol. The van der Waals surface area contributed by atoms with E-state index < -0.39 is 29.3 Å². The molecule has 35 heavy (non-hydrogen) atoms. The summed E-state index contributed by atoms with van der Waals surface area (Å²) in [5.74, 6) is 0.478.